The van der Waals surface area contributed by atoms with E-state index in [0.717, 1.165) is 25.7 Å². The van der Waals surface area contributed by atoms with Gasteiger partial charge in [-0.1, -0.05) is 0 Å². The van der Waals surface area contributed by atoms with Crippen LogP contribution >= 0.6 is 11.5 Å². The van der Waals surface area contributed by atoms with Crippen molar-refractivity contribution in [2.75, 3.05) is 31.5 Å². The summed E-state index contributed by atoms with van der Waals surface area (Å²) in [5, 5.41) is 15.1. The van der Waals surface area contributed by atoms with Gasteiger partial charge in [0.25, 0.3) is 5.91 Å². The average Bonchev–Trinajstić information content (AvgIpc) is 3.46. The predicted octanol–water partition coefficient (Wildman–Crippen LogP) is 2.91. The molecule has 5 N–H and O–H groups in total. The van der Waals surface area contributed by atoms with Crippen molar-refractivity contribution in [2.24, 2.45) is 5.73 Å². The van der Waals surface area contributed by atoms with Gasteiger partial charge in [-0.25, -0.2) is 18.0 Å². The molecule has 1 aliphatic rings. The van der Waals surface area contributed by atoms with Crippen LogP contribution in [0.4, 0.5) is 23.0 Å². The number of aromatic nitrogens is 1. The van der Waals surface area contributed by atoms with Crippen LogP contribution in [0, 0.1) is 24.4 Å². The molecule has 0 spiro atoms. The van der Waals surface area contributed by atoms with Crippen LogP contribution in [0.5, 0.6) is 5.88 Å². The molecule has 0 bridgehead atoms. The number of urea groups is 1. The Kier molecular flexibility index (Phi) is 9.29. The number of aliphatic hydroxyl groups excluding tert-OH is 1. The maximum Gasteiger partial charge on any atom is 0.319 e. The standard InChI is InChI=1S/C22H28F3N5O4S/c1-12-10-15(23)14(18(25)17(12)24)11-34-20-16(19(26)32)21(35-29-20)28-22(33)27-6-4-13(31)5-9-30-7-2-3-8-30/h10,13,31H,2-9,11H2,1H3,(H2,26,32)(H2,27,28,33). The molecule has 192 valence electrons. The van der Waals surface area contributed by atoms with Gasteiger partial charge in [-0.15, -0.1) is 0 Å². The van der Waals surface area contributed by atoms with Crippen LogP contribution in [-0.4, -0.2) is 58.6 Å². The average molecular weight is 516 g/mol. The molecule has 1 aliphatic heterocycles. The molecular formula is C22H28F3N5O4S. The summed E-state index contributed by atoms with van der Waals surface area (Å²) in [5.41, 5.74) is 4.20. The lowest BCUT2D eigenvalue weighted by atomic mass is 10.1. The fourth-order valence-electron chi connectivity index (χ4n) is 3.68. The topological polar surface area (TPSA) is 130 Å². The number of nitrogens with zero attached hydrogens (tertiary/aromatic N) is 2. The van der Waals surface area contributed by atoms with Crippen molar-refractivity contribution in [2.45, 2.75) is 45.3 Å². The molecule has 1 fully saturated rings. The molecule has 3 amide bonds. The van der Waals surface area contributed by atoms with Gasteiger partial charge in [0.2, 0.25) is 5.88 Å². The number of aryl methyl sites for hydroxylation is 1. The van der Waals surface area contributed by atoms with Crippen LogP contribution in [0.2, 0.25) is 0 Å². The van der Waals surface area contributed by atoms with Crippen LogP contribution in [0.1, 0.15) is 47.2 Å². The number of hydrogen-bond donors (Lipinski definition) is 4. The van der Waals surface area contributed by atoms with Gasteiger partial charge in [-0.2, -0.15) is 4.37 Å². The summed E-state index contributed by atoms with van der Waals surface area (Å²) in [5.74, 6) is -4.97. The lowest BCUT2D eigenvalue weighted by Gasteiger charge is -2.17. The van der Waals surface area contributed by atoms with E-state index < -0.39 is 47.7 Å². The number of carbonyl (C=O) groups is 2. The Morgan fingerprint density at radius 1 is 1.26 bits per heavy atom. The Bertz CT molecular complexity index is 1060. The molecule has 35 heavy (non-hydrogen) atoms. The third-order valence-electron chi connectivity index (χ3n) is 5.66. The maximum absolute atomic E-state index is 14.1. The highest BCUT2D eigenvalue weighted by atomic mass is 32.1. The molecule has 1 unspecified atom stereocenters. The van der Waals surface area contributed by atoms with E-state index in [1.165, 1.54) is 19.8 Å². The van der Waals surface area contributed by atoms with E-state index in [-0.39, 0.29) is 28.6 Å². The number of nitrogens with one attached hydrogen (secondary N) is 2. The van der Waals surface area contributed by atoms with E-state index in [4.69, 9.17) is 10.5 Å². The molecule has 2 heterocycles. The van der Waals surface area contributed by atoms with E-state index in [2.05, 4.69) is 19.9 Å². The second-order valence-electron chi connectivity index (χ2n) is 8.29. The quantitative estimate of drug-likeness (QED) is 0.341. The normalized spacial score (nSPS) is 14.7. The van der Waals surface area contributed by atoms with Crippen molar-refractivity contribution in [1.82, 2.24) is 14.6 Å². The van der Waals surface area contributed by atoms with Crippen LogP contribution < -0.4 is 21.1 Å². The first-order valence-corrected chi connectivity index (χ1v) is 11.9. The number of amides is 3. The summed E-state index contributed by atoms with van der Waals surface area (Å²) in [6.07, 6.45) is 2.75. The SMILES string of the molecule is Cc1cc(F)c(COc2nsc(NC(=O)NCCC(O)CCN3CCCC3)c2C(N)=O)c(F)c1F. The summed E-state index contributed by atoms with van der Waals surface area (Å²) < 4.78 is 51.0. The first-order chi connectivity index (χ1) is 16.7. The molecule has 1 aromatic heterocycles. The first kappa shape index (κ1) is 26.7. The minimum Gasteiger partial charge on any atom is -0.471 e. The van der Waals surface area contributed by atoms with Crippen molar-refractivity contribution in [3.63, 3.8) is 0 Å². The molecule has 3 rings (SSSR count). The molecule has 0 saturated carbocycles. The molecule has 13 heteroatoms. The Morgan fingerprint density at radius 2 is 1.97 bits per heavy atom. The van der Waals surface area contributed by atoms with E-state index in [1.807, 2.05) is 0 Å². The van der Waals surface area contributed by atoms with Crippen molar-refractivity contribution < 1.29 is 32.6 Å². The molecule has 1 atom stereocenters. The molecule has 2 aromatic rings. The summed E-state index contributed by atoms with van der Waals surface area (Å²) in [4.78, 5) is 26.4. The fraction of sp³-hybridized carbons (Fsp3) is 0.500. The van der Waals surface area contributed by atoms with Crippen molar-refractivity contribution in [3.05, 3.63) is 40.2 Å². The molecule has 0 aliphatic carbocycles. The zero-order chi connectivity index (χ0) is 25.5. The number of primary amides is 1. The molecular weight excluding hydrogens is 487 g/mol. The van der Waals surface area contributed by atoms with Crippen LogP contribution in [-0.2, 0) is 6.61 Å². The van der Waals surface area contributed by atoms with Crippen LogP contribution in [0.15, 0.2) is 6.07 Å². The Labute approximate surface area is 204 Å². The van der Waals surface area contributed by atoms with Crippen LogP contribution in [0.25, 0.3) is 0 Å². The van der Waals surface area contributed by atoms with E-state index in [1.54, 1.807) is 0 Å². The third kappa shape index (κ3) is 7.05. The fourth-order valence-corrected chi connectivity index (χ4v) is 4.42. The molecule has 9 nitrogen and oxygen atoms in total. The number of halogens is 3. The van der Waals surface area contributed by atoms with Gasteiger partial charge in [0.1, 0.15) is 23.0 Å². The van der Waals surface area contributed by atoms with E-state index in [9.17, 15) is 27.9 Å². The minimum atomic E-state index is -1.40. The lowest BCUT2D eigenvalue weighted by molar-refractivity contribution is 0.0996. The van der Waals surface area contributed by atoms with E-state index >= 15 is 0 Å². The number of aliphatic hydroxyl groups is 1. The minimum absolute atomic E-state index is 0.0318. The zero-order valence-corrected chi connectivity index (χ0v) is 20.0. The van der Waals surface area contributed by atoms with Gasteiger partial charge < -0.3 is 25.8 Å². The second kappa shape index (κ2) is 12.2. The second-order valence-corrected chi connectivity index (χ2v) is 9.06. The maximum atomic E-state index is 14.1. The largest absolute Gasteiger partial charge is 0.471 e. The zero-order valence-electron chi connectivity index (χ0n) is 19.2. The van der Waals surface area contributed by atoms with Gasteiger partial charge in [0, 0.05) is 13.1 Å². The number of nitrogens with two attached hydrogens (primary N) is 1. The van der Waals surface area contributed by atoms with Crippen LogP contribution in [0.3, 0.4) is 0 Å². The number of hydrogen-bond acceptors (Lipinski definition) is 7. The first-order valence-electron chi connectivity index (χ1n) is 11.2. The van der Waals surface area contributed by atoms with E-state index in [0.29, 0.717) is 24.4 Å². The van der Waals surface area contributed by atoms with Gasteiger partial charge in [-0.3, -0.25) is 10.1 Å². The number of rotatable bonds is 11. The summed E-state index contributed by atoms with van der Waals surface area (Å²) in [6, 6.07) is 0.167. The highest BCUT2D eigenvalue weighted by molar-refractivity contribution is 7.11. The highest BCUT2D eigenvalue weighted by Crippen LogP contribution is 2.31. The third-order valence-corrected chi connectivity index (χ3v) is 6.41. The van der Waals surface area contributed by atoms with Crippen molar-refractivity contribution in [1.29, 1.82) is 0 Å². The number of carbonyl (C=O) groups excluding carboxylic acids is 2. The summed E-state index contributed by atoms with van der Waals surface area (Å²) in [7, 11) is 0. The number of ether oxygens (including phenoxy) is 1. The van der Waals surface area contributed by atoms with Crippen molar-refractivity contribution >= 4 is 28.5 Å². The predicted molar refractivity (Wildman–Crippen MR) is 124 cm³/mol. The molecule has 1 saturated heterocycles. The summed E-state index contributed by atoms with van der Waals surface area (Å²) in [6.45, 7) is 3.56. The van der Waals surface area contributed by atoms with Gasteiger partial charge >= 0.3 is 6.03 Å². The highest BCUT2D eigenvalue weighted by Gasteiger charge is 2.24. The van der Waals surface area contributed by atoms with Gasteiger partial charge in [-0.05, 0) is 68.9 Å². The molecule has 0 radical (unpaired) electrons. The summed E-state index contributed by atoms with van der Waals surface area (Å²) >= 11 is 0.680. The smallest absolute Gasteiger partial charge is 0.319 e. The monoisotopic (exact) mass is 515 g/mol. The van der Waals surface area contributed by atoms with Gasteiger partial charge in [0.05, 0.1) is 11.7 Å². The molecule has 1 aromatic carbocycles. The Balaban J connectivity index is 1.53. The Morgan fingerprint density at radius 3 is 2.66 bits per heavy atom. The number of anilines is 1. The number of likely N-dealkylation sites (tertiary alicyclic amines) is 1. The van der Waals surface area contributed by atoms with Crippen molar-refractivity contribution in [3.8, 4) is 5.88 Å². The lowest BCUT2D eigenvalue weighted by Crippen LogP contribution is -2.32. The Hall–Kier alpha value is -2.90. The number of benzene rings is 1. The van der Waals surface area contributed by atoms with Gasteiger partial charge in [0.15, 0.2) is 11.6 Å².